The average molecular weight is 250 g/mol. The van der Waals surface area contributed by atoms with Gasteiger partial charge in [0.15, 0.2) is 0 Å². The molecule has 1 aliphatic heterocycles. The molecule has 0 spiro atoms. The van der Waals surface area contributed by atoms with Crippen LogP contribution in [0, 0.1) is 11.8 Å². The van der Waals surface area contributed by atoms with E-state index in [0.29, 0.717) is 17.9 Å². The Morgan fingerprint density at radius 3 is 2.59 bits per heavy atom. The summed E-state index contributed by atoms with van der Waals surface area (Å²) in [5.41, 5.74) is 6.04. The smallest absolute Gasteiger partial charge is 0.263 e. The van der Waals surface area contributed by atoms with E-state index in [1.165, 1.54) is 17.8 Å². The lowest BCUT2D eigenvalue weighted by atomic mass is 9.75. The molecule has 2 fully saturated rings. The number of thiophene rings is 1. The molecule has 2 aliphatic rings. The largest absolute Gasteiger partial charge is 0.337 e. The zero-order valence-corrected chi connectivity index (χ0v) is 10.7. The molecule has 2 N–H and O–H groups in total. The van der Waals surface area contributed by atoms with Crippen LogP contribution in [-0.4, -0.2) is 29.9 Å². The minimum absolute atomic E-state index is 0.213. The monoisotopic (exact) mass is 250 g/mol. The fourth-order valence-electron chi connectivity index (χ4n) is 3.33. The van der Waals surface area contributed by atoms with E-state index in [4.69, 9.17) is 5.73 Å². The Labute approximate surface area is 106 Å². The van der Waals surface area contributed by atoms with Gasteiger partial charge in [-0.3, -0.25) is 4.79 Å². The number of rotatable bonds is 1. The van der Waals surface area contributed by atoms with Gasteiger partial charge in [0, 0.05) is 19.1 Å². The molecule has 17 heavy (non-hydrogen) atoms. The van der Waals surface area contributed by atoms with E-state index >= 15 is 0 Å². The van der Waals surface area contributed by atoms with Crippen molar-refractivity contribution in [3.8, 4) is 0 Å². The third-order valence-electron chi connectivity index (χ3n) is 3.92. The first-order valence-corrected chi connectivity index (χ1v) is 7.18. The number of likely N-dealkylation sites (tertiary alicyclic amines) is 1. The molecule has 1 aliphatic carbocycles. The second-order valence-electron chi connectivity index (χ2n) is 5.39. The van der Waals surface area contributed by atoms with Crippen LogP contribution in [0.1, 0.15) is 28.9 Å². The van der Waals surface area contributed by atoms with Gasteiger partial charge in [0.1, 0.15) is 0 Å². The lowest BCUT2D eigenvalue weighted by Crippen LogP contribution is -2.49. The Morgan fingerprint density at radius 1 is 1.29 bits per heavy atom. The molecule has 4 heteroatoms. The Morgan fingerprint density at radius 2 is 2.00 bits per heavy atom. The summed E-state index contributed by atoms with van der Waals surface area (Å²) in [5, 5.41) is 1.97. The van der Waals surface area contributed by atoms with Crippen molar-refractivity contribution >= 4 is 17.2 Å². The molecule has 0 aromatic carbocycles. The van der Waals surface area contributed by atoms with Crippen molar-refractivity contribution in [2.24, 2.45) is 17.6 Å². The van der Waals surface area contributed by atoms with Gasteiger partial charge in [-0.1, -0.05) is 6.07 Å². The average Bonchev–Trinajstić information content (AvgIpc) is 2.79. The molecule has 2 heterocycles. The zero-order chi connectivity index (χ0) is 11.8. The lowest BCUT2D eigenvalue weighted by Gasteiger charge is -2.43. The molecule has 2 bridgehead atoms. The van der Waals surface area contributed by atoms with E-state index < -0.39 is 0 Å². The van der Waals surface area contributed by atoms with E-state index in [9.17, 15) is 4.79 Å². The third kappa shape index (κ3) is 2.24. The lowest BCUT2D eigenvalue weighted by molar-refractivity contribution is 0.0480. The van der Waals surface area contributed by atoms with Crippen LogP contribution < -0.4 is 5.73 Å². The number of nitrogens with two attached hydrogens (primary N) is 1. The highest BCUT2D eigenvalue weighted by atomic mass is 32.1. The number of carbonyl (C=O) groups is 1. The van der Waals surface area contributed by atoms with Gasteiger partial charge in [0.2, 0.25) is 0 Å². The van der Waals surface area contributed by atoms with E-state index in [-0.39, 0.29) is 5.91 Å². The number of piperidine rings is 1. The number of fused-ring (bicyclic) bond motifs is 2. The highest BCUT2D eigenvalue weighted by molar-refractivity contribution is 7.12. The predicted molar refractivity (Wildman–Crippen MR) is 69.0 cm³/mol. The van der Waals surface area contributed by atoms with E-state index in [0.717, 1.165) is 30.8 Å². The Bertz CT molecular complexity index is 386. The van der Waals surface area contributed by atoms with Gasteiger partial charge in [-0.25, -0.2) is 0 Å². The number of carbonyl (C=O) groups excluding carboxylic acids is 1. The standard InChI is InChI=1S/C13H18N2OS/c14-11-5-9-4-10(6-11)8-15(7-9)13(16)12-2-1-3-17-12/h1-3,9-11H,4-8,14H2. The molecule has 0 radical (unpaired) electrons. The molecule has 2 atom stereocenters. The van der Waals surface area contributed by atoms with Crippen LogP contribution in [-0.2, 0) is 0 Å². The molecular formula is C13H18N2OS. The van der Waals surface area contributed by atoms with Gasteiger partial charge in [0.25, 0.3) is 5.91 Å². The molecule has 92 valence electrons. The number of nitrogens with zero attached hydrogens (tertiary/aromatic N) is 1. The van der Waals surface area contributed by atoms with Crippen LogP contribution in [0.25, 0.3) is 0 Å². The van der Waals surface area contributed by atoms with Gasteiger partial charge in [-0.2, -0.15) is 0 Å². The SMILES string of the molecule is NC1CC2CC(C1)CN(C(=O)c1cccs1)C2. The maximum absolute atomic E-state index is 12.3. The van der Waals surface area contributed by atoms with Gasteiger partial charge in [0.05, 0.1) is 4.88 Å². The highest BCUT2D eigenvalue weighted by Gasteiger charge is 2.35. The Balaban J connectivity index is 1.72. The van der Waals surface area contributed by atoms with Gasteiger partial charge in [-0.15, -0.1) is 11.3 Å². The Kier molecular flexibility index (Phi) is 2.92. The van der Waals surface area contributed by atoms with E-state index in [1.54, 1.807) is 0 Å². The van der Waals surface area contributed by atoms with E-state index in [2.05, 4.69) is 0 Å². The summed E-state index contributed by atoms with van der Waals surface area (Å²) in [6.07, 6.45) is 3.44. The maximum Gasteiger partial charge on any atom is 0.263 e. The van der Waals surface area contributed by atoms with Crippen molar-refractivity contribution in [2.75, 3.05) is 13.1 Å². The van der Waals surface area contributed by atoms with Crippen LogP contribution in [0.5, 0.6) is 0 Å². The molecule has 1 saturated carbocycles. The van der Waals surface area contributed by atoms with Gasteiger partial charge >= 0.3 is 0 Å². The molecule has 1 aromatic rings. The molecule has 2 unspecified atom stereocenters. The second kappa shape index (κ2) is 4.42. The first-order valence-electron chi connectivity index (χ1n) is 6.30. The van der Waals surface area contributed by atoms with Crippen molar-refractivity contribution in [1.82, 2.24) is 4.90 Å². The molecular weight excluding hydrogens is 232 g/mol. The van der Waals surface area contributed by atoms with Crippen molar-refractivity contribution in [2.45, 2.75) is 25.3 Å². The Hall–Kier alpha value is -0.870. The summed E-state index contributed by atoms with van der Waals surface area (Å²) >= 11 is 1.54. The molecule has 1 amide bonds. The summed E-state index contributed by atoms with van der Waals surface area (Å²) in [6, 6.07) is 4.22. The summed E-state index contributed by atoms with van der Waals surface area (Å²) in [7, 11) is 0. The quantitative estimate of drug-likeness (QED) is 0.828. The maximum atomic E-state index is 12.3. The third-order valence-corrected chi connectivity index (χ3v) is 4.77. The molecule has 3 nitrogen and oxygen atoms in total. The molecule has 3 rings (SSSR count). The number of amides is 1. The minimum Gasteiger partial charge on any atom is -0.337 e. The van der Waals surface area contributed by atoms with Crippen LogP contribution in [0.15, 0.2) is 17.5 Å². The van der Waals surface area contributed by atoms with Crippen molar-refractivity contribution < 1.29 is 4.79 Å². The summed E-state index contributed by atoms with van der Waals surface area (Å²) in [5.74, 6) is 1.47. The van der Waals surface area contributed by atoms with Crippen LogP contribution in [0.2, 0.25) is 0 Å². The zero-order valence-electron chi connectivity index (χ0n) is 9.84. The summed E-state index contributed by atoms with van der Waals surface area (Å²) in [6.45, 7) is 1.81. The first kappa shape index (κ1) is 11.2. The van der Waals surface area contributed by atoms with Crippen molar-refractivity contribution in [3.05, 3.63) is 22.4 Å². The van der Waals surface area contributed by atoms with Gasteiger partial charge < -0.3 is 10.6 Å². The second-order valence-corrected chi connectivity index (χ2v) is 6.33. The minimum atomic E-state index is 0.213. The van der Waals surface area contributed by atoms with Crippen LogP contribution in [0.3, 0.4) is 0 Å². The fourth-order valence-corrected chi connectivity index (χ4v) is 4.03. The topological polar surface area (TPSA) is 46.3 Å². The van der Waals surface area contributed by atoms with Crippen LogP contribution in [0.4, 0.5) is 0 Å². The molecule has 1 aromatic heterocycles. The predicted octanol–water partition coefficient (Wildman–Crippen LogP) is 1.95. The first-order chi connectivity index (χ1) is 8.22. The summed E-state index contributed by atoms with van der Waals surface area (Å²) in [4.78, 5) is 15.2. The van der Waals surface area contributed by atoms with Gasteiger partial charge in [-0.05, 0) is 42.5 Å². The number of hydrogen-bond acceptors (Lipinski definition) is 3. The van der Waals surface area contributed by atoms with Crippen LogP contribution >= 0.6 is 11.3 Å². The highest BCUT2D eigenvalue weighted by Crippen LogP contribution is 2.34. The normalized spacial score (nSPS) is 32.5. The summed E-state index contributed by atoms with van der Waals surface area (Å²) < 4.78 is 0. The van der Waals surface area contributed by atoms with E-state index in [1.807, 2.05) is 22.4 Å². The number of hydrogen-bond donors (Lipinski definition) is 1. The van der Waals surface area contributed by atoms with Crippen molar-refractivity contribution in [3.63, 3.8) is 0 Å². The van der Waals surface area contributed by atoms with Crippen molar-refractivity contribution in [1.29, 1.82) is 0 Å². The fraction of sp³-hybridized carbons (Fsp3) is 0.615. The molecule has 1 saturated heterocycles.